The van der Waals surface area contributed by atoms with Crippen LogP contribution in [0.3, 0.4) is 0 Å². The summed E-state index contributed by atoms with van der Waals surface area (Å²) >= 11 is 4.05. The van der Waals surface area contributed by atoms with Gasteiger partial charge in [0, 0.05) is 17.1 Å². The van der Waals surface area contributed by atoms with Gasteiger partial charge in [0.05, 0.1) is 11.4 Å². The number of pyridine rings is 1. The maximum atomic E-state index is 11.8. The second kappa shape index (κ2) is 13.4. The molecule has 0 N–H and O–H groups in total. The van der Waals surface area contributed by atoms with Crippen molar-refractivity contribution in [2.75, 3.05) is 0 Å². The molecule has 0 saturated carbocycles. The van der Waals surface area contributed by atoms with Gasteiger partial charge in [0.25, 0.3) is 0 Å². The van der Waals surface area contributed by atoms with Crippen LogP contribution in [-0.4, -0.2) is 34.1 Å². The Kier molecular flexibility index (Phi) is 11.9. The van der Waals surface area contributed by atoms with E-state index >= 15 is 0 Å². The summed E-state index contributed by atoms with van der Waals surface area (Å²) in [5, 5.41) is 19.9. The number of halogens is 3. The first-order chi connectivity index (χ1) is 12.4. The molecule has 0 amide bonds. The molecule has 0 aliphatic carbocycles. The molecule has 0 atom stereocenters. The summed E-state index contributed by atoms with van der Waals surface area (Å²) < 4.78 is 1.13. The first kappa shape index (κ1) is 23.2. The molecule has 0 spiro atoms. The van der Waals surface area contributed by atoms with E-state index in [1.165, 1.54) is 12.8 Å². The third-order valence-electron chi connectivity index (χ3n) is 3.14. The van der Waals surface area contributed by atoms with Crippen molar-refractivity contribution in [3.05, 3.63) is 64.9 Å². The Hall–Kier alpha value is -0.821. The first-order valence-electron chi connectivity index (χ1n) is 8.07. The number of nitrogens with zero attached hydrogens (tertiary/aromatic N) is 3. The fourth-order valence-electron chi connectivity index (χ4n) is 1.71. The predicted octanol–water partition coefficient (Wildman–Crippen LogP) is 5.02. The van der Waals surface area contributed by atoms with E-state index in [9.17, 15) is 5.11 Å². The second-order valence-corrected chi connectivity index (χ2v) is 16.5. The Morgan fingerprint density at radius 3 is 2.31 bits per heavy atom. The molecule has 2 aromatic rings. The zero-order valence-electron chi connectivity index (χ0n) is 14.6. The van der Waals surface area contributed by atoms with Crippen molar-refractivity contribution in [2.24, 2.45) is 10.2 Å². The molecule has 0 aliphatic rings. The van der Waals surface area contributed by atoms with Gasteiger partial charge in [0.15, 0.2) is 0 Å². The molecule has 0 unspecified atom stereocenters. The molecule has 2 rings (SSSR count). The van der Waals surface area contributed by atoms with Crippen LogP contribution in [0.25, 0.3) is 0 Å². The van der Waals surface area contributed by atoms with Crippen LogP contribution in [-0.2, 0) is 0 Å². The van der Waals surface area contributed by atoms with E-state index in [0.29, 0.717) is 22.0 Å². The molecule has 138 valence electrons. The van der Waals surface area contributed by atoms with E-state index in [1.54, 1.807) is 43.5 Å². The summed E-state index contributed by atoms with van der Waals surface area (Å²) in [6.07, 6.45) is 4.11. The van der Waals surface area contributed by atoms with Gasteiger partial charge in [-0.2, -0.15) is 10.2 Å². The van der Waals surface area contributed by atoms with E-state index in [2.05, 4.69) is 22.1 Å². The van der Waals surface area contributed by atoms with Gasteiger partial charge in [-0.1, -0.05) is 29.8 Å². The number of rotatable bonds is 6. The Labute approximate surface area is 174 Å². The van der Waals surface area contributed by atoms with Crippen LogP contribution in [0.15, 0.2) is 58.9 Å². The summed E-state index contributed by atoms with van der Waals surface area (Å²) in [5.41, 5.74) is 1.72. The van der Waals surface area contributed by atoms with Crippen molar-refractivity contribution in [2.45, 2.75) is 31.1 Å². The van der Waals surface area contributed by atoms with Crippen molar-refractivity contribution < 1.29 is 5.11 Å². The number of aromatic nitrogens is 1. The van der Waals surface area contributed by atoms with E-state index in [4.69, 9.17) is 29.4 Å². The standard InChI is InChI=1S/C14H12ClN3O.C4H9.2ClH.Sn/c1-10(13-4-2-3-9-16-13)17-18-14(19)11-5-7-12(15)8-6-11;1-3-4-2;;;/h2-9H,1H3,(H,18,19);1,3-4H2,2H3;2*1H;/q;;;;+3/p-3/b17-10+;;;;. The van der Waals surface area contributed by atoms with Crippen LogP contribution >= 0.6 is 29.4 Å². The first-order valence-corrected chi connectivity index (χ1v) is 17.7. The van der Waals surface area contributed by atoms with E-state index in [0.717, 1.165) is 4.44 Å². The summed E-state index contributed by atoms with van der Waals surface area (Å²) in [6.45, 7) is 3.90. The molecular formula is C18H20Cl3N3OSn. The van der Waals surface area contributed by atoms with Crippen LogP contribution in [0.2, 0.25) is 9.46 Å². The Morgan fingerprint density at radius 2 is 1.81 bits per heavy atom. The Morgan fingerprint density at radius 1 is 1.12 bits per heavy atom. The molecule has 0 bridgehead atoms. The maximum absolute atomic E-state index is 11.8. The van der Waals surface area contributed by atoms with Crippen molar-refractivity contribution in [3.8, 4) is 0 Å². The van der Waals surface area contributed by atoms with Gasteiger partial charge in [0.1, 0.15) is 0 Å². The fraction of sp³-hybridized carbons (Fsp3) is 0.278. The quantitative estimate of drug-likeness (QED) is 0.233. The van der Waals surface area contributed by atoms with Crippen LogP contribution in [0.4, 0.5) is 0 Å². The van der Waals surface area contributed by atoms with Crippen LogP contribution < -0.4 is 5.11 Å². The summed E-state index contributed by atoms with van der Waals surface area (Å²) in [5.74, 6) is -0.410. The van der Waals surface area contributed by atoms with Gasteiger partial charge in [0.2, 0.25) is 0 Å². The molecule has 0 radical (unpaired) electrons. The van der Waals surface area contributed by atoms with Gasteiger partial charge in [-0.25, -0.2) is 0 Å². The fourth-order valence-corrected chi connectivity index (χ4v) is 5.40. The molecule has 0 fully saturated rings. The average molecular weight is 519 g/mol. The number of benzene rings is 1. The van der Waals surface area contributed by atoms with Gasteiger partial charge in [-0.05, 0) is 36.8 Å². The molecule has 26 heavy (non-hydrogen) atoms. The SMILES string of the molecule is C/C(=N\N=C(\[O-])c1ccc(Cl)cc1)c1ccccn1.CCC[CH2][Sn+]([Cl])[Cl]. The molecule has 8 heteroatoms. The summed E-state index contributed by atoms with van der Waals surface area (Å²) in [6, 6.07) is 12.0. The molecule has 1 heterocycles. The second-order valence-electron chi connectivity index (χ2n) is 5.25. The monoisotopic (exact) mass is 519 g/mol. The topological polar surface area (TPSA) is 60.7 Å². The molecule has 4 nitrogen and oxygen atoms in total. The minimum absolute atomic E-state index is 0.410. The molecule has 0 aliphatic heterocycles. The molecular weight excluding hydrogens is 499 g/mol. The average Bonchev–Trinajstić information content (AvgIpc) is 2.66. The summed E-state index contributed by atoms with van der Waals surface area (Å²) in [4.78, 5) is 4.12. The van der Waals surface area contributed by atoms with Crippen molar-refractivity contribution >= 4 is 58.6 Å². The molecule has 0 saturated heterocycles. The normalized spacial score (nSPS) is 11.6. The zero-order valence-corrected chi connectivity index (χ0v) is 19.7. The Bertz CT molecular complexity index is 707. The summed E-state index contributed by atoms with van der Waals surface area (Å²) in [7, 11) is 11.2. The van der Waals surface area contributed by atoms with Crippen LogP contribution in [0, 0.1) is 0 Å². The van der Waals surface area contributed by atoms with Gasteiger partial charge in [-0.15, -0.1) is 0 Å². The van der Waals surface area contributed by atoms with Crippen molar-refractivity contribution in [1.82, 2.24) is 4.98 Å². The van der Waals surface area contributed by atoms with E-state index in [-0.39, 0.29) is 0 Å². The van der Waals surface area contributed by atoms with Gasteiger partial charge < -0.3 is 5.11 Å². The predicted molar refractivity (Wildman–Crippen MR) is 112 cm³/mol. The van der Waals surface area contributed by atoms with Gasteiger partial charge in [-0.3, -0.25) is 4.98 Å². The third-order valence-corrected chi connectivity index (χ3v) is 8.01. The number of hydrogen-bond acceptors (Lipinski definition) is 4. The Balaban J connectivity index is 0.000000412. The number of hydrogen-bond donors (Lipinski definition) is 0. The third kappa shape index (κ3) is 9.76. The van der Waals surface area contributed by atoms with Gasteiger partial charge >= 0.3 is 59.6 Å². The molecule has 1 aromatic heterocycles. The minimum atomic E-state index is -1.70. The van der Waals surface area contributed by atoms with E-state index in [1.807, 2.05) is 12.1 Å². The molecule has 1 aromatic carbocycles. The van der Waals surface area contributed by atoms with Crippen LogP contribution in [0.5, 0.6) is 0 Å². The van der Waals surface area contributed by atoms with Crippen molar-refractivity contribution in [1.29, 1.82) is 0 Å². The van der Waals surface area contributed by atoms with Crippen molar-refractivity contribution in [3.63, 3.8) is 0 Å². The number of unbranched alkanes of at least 4 members (excludes halogenated alkanes) is 1. The van der Waals surface area contributed by atoms with Crippen LogP contribution in [0.1, 0.15) is 37.9 Å². The zero-order chi connectivity index (χ0) is 19.4. The van der Waals surface area contributed by atoms with E-state index < -0.39 is 23.4 Å².